The summed E-state index contributed by atoms with van der Waals surface area (Å²) in [6.45, 7) is 8.65. The molecule has 1 aromatic carbocycles. The normalized spacial score (nSPS) is 22.0. The number of nitrogens with one attached hydrogen (secondary N) is 1. The van der Waals surface area contributed by atoms with E-state index in [0.29, 0.717) is 12.1 Å². The van der Waals surface area contributed by atoms with E-state index >= 15 is 0 Å². The molecule has 2 unspecified atom stereocenters. The van der Waals surface area contributed by atoms with Crippen LogP contribution in [0.5, 0.6) is 0 Å². The average molecular weight is 408 g/mol. The molecule has 4 nitrogen and oxygen atoms in total. The standard InChI is InChI=1S/C26H37N3O/c1-19-8-6-9-20(2)28(19)17-7-16-27-26(30)22-12-14-24(15-13-22)29-21(3)18-23-10-4-5-11-25(23)29/h12-15,18-20H,4-11,16-17H2,1-3H3,(H,27,30). The molecule has 1 aliphatic heterocycles. The van der Waals surface area contributed by atoms with Crippen molar-refractivity contribution in [3.8, 4) is 5.69 Å². The van der Waals surface area contributed by atoms with E-state index in [4.69, 9.17) is 0 Å². The summed E-state index contributed by atoms with van der Waals surface area (Å²) in [5, 5.41) is 3.11. The molecule has 2 aliphatic rings. The Hall–Kier alpha value is -2.07. The van der Waals surface area contributed by atoms with Gasteiger partial charge in [0.2, 0.25) is 0 Å². The van der Waals surface area contributed by atoms with Crippen molar-refractivity contribution in [3.63, 3.8) is 0 Å². The Kier molecular flexibility index (Phi) is 6.62. The van der Waals surface area contributed by atoms with E-state index in [1.165, 1.54) is 61.2 Å². The van der Waals surface area contributed by atoms with Crippen LogP contribution in [-0.4, -0.2) is 40.5 Å². The number of rotatable bonds is 6. The molecule has 1 N–H and O–H groups in total. The molecule has 1 fully saturated rings. The maximum absolute atomic E-state index is 12.6. The summed E-state index contributed by atoms with van der Waals surface area (Å²) in [4.78, 5) is 15.2. The zero-order valence-corrected chi connectivity index (χ0v) is 18.9. The first kappa shape index (κ1) is 21.2. The van der Waals surface area contributed by atoms with Gasteiger partial charge in [0, 0.05) is 47.8 Å². The summed E-state index contributed by atoms with van der Waals surface area (Å²) in [6, 6.07) is 11.8. The van der Waals surface area contributed by atoms with Crippen molar-refractivity contribution < 1.29 is 4.79 Å². The topological polar surface area (TPSA) is 37.3 Å². The molecule has 1 aliphatic carbocycles. The summed E-state index contributed by atoms with van der Waals surface area (Å²) in [6.07, 6.45) is 9.86. The van der Waals surface area contributed by atoms with Crippen molar-refractivity contribution in [3.05, 3.63) is 52.8 Å². The smallest absolute Gasteiger partial charge is 0.251 e. The molecule has 0 bridgehead atoms. The van der Waals surface area contributed by atoms with Gasteiger partial charge in [-0.15, -0.1) is 0 Å². The summed E-state index contributed by atoms with van der Waals surface area (Å²) in [7, 11) is 0. The first-order valence-electron chi connectivity index (χ1n) is 11.9. The van der Waals surface area contributed by atoms with Crippen molar-refractivity contribution in [2.24, 2.45) is 0 Å². The van der Waals surface area contributed by atoms with Gasteiger partial charge in [-0.3, -0.25) is 9.69 Å². The van der Waals surface area contributed by atoms with Crippen molar-refractivity contribution in [1.29, 1.82) is 0 Å². The Morgan fingerprint density at radius 1 is 1.03 bits per heavy atom. The van der Waals surface area contributed by atoms with Crippen LogP contribution in [0.4, 0.5) is 0 Å². The molecule has 2 atom stereocenters. The van der Waals surface area contributed by atoms with Gasteiger partial charge >= 0.3 is 0 Å². The number of amides is 1. The van der Waals surface area contributed by atoms with Crippen LogP contribution in [0.2, 0.25) is 0 Å². The average Bonchev–Trinajstić information content (AvgIpc) is 3.08. The molecule has 4 rings (SSSR count). The molecule has 2 aromatic rings. The number of hydrogen-bond acceptors (Lipinski definition) is 2. The monoisotopic (exact) mass is 407 g/mol. The van der Waals surface area contributed by atoms with E-state index in [1.54, 1.807) is 0 Å². The lowest BCUT2D eigenvalue weighted by molar-refractivity contribution is 0.0925. The highest BCUT2D eigenvalue weighted by atomic mass is 16.1. The van der Waals surface area contributed by atoms with Gasteiger partial charge in [0.25, 0.3) is 5.91 Å². The lowest BCUT2D eigenvalue weighted by atomic mass is 9.97. The Labute approximate surface area is 181 Å². The van der Waals surface area contributed by atoms with Gasteiger partial charge in [0.15, 0.2) is 0 Å². The molecule has 1 aromatic heterocycles. The summed E-state index contributed by atoms with van der Waals surface area (Å²) < 4.78 is 2.37. The van der Waals surface area contributed by atoms with Crippen LogP contribution >= 0.6 is 0 Å². The van der Waals surface area contributed by atoms with Gasteiger partial charge in [-0.1, -0.05) is 6.42 Å². The Balaban J connectivity index is 1.32. The van der Waals surface area contributed by atoms with Crippen molar-refractivity contribution in [1.82, 2.24) is 14.8 Å². The highest BCUT2D eigenvalue weighted by Gasteiger charge is 2.23. The van der Waals surface area contributed by atoms with Gasteiger partial charge in [-0.05, 0) is 102 Å². The molecule has 2 heterocycles. The first-order chi connectivity index (χ1) is 14.5. The third-order valence-electron chi connectivity index (χ3n) is 7.13. The van der Waals surface area contributed by atoms with Gasteiger partial charge < -0.3 is 9.88 Å². The number of aryl methyl sites for hydroxylation is 2. The lowest BCUT2D eigenvalue weighted by Gasteiger charge is -2.39. The fraction of sp³-hybridized carbons (Fsp3) is 0.577. The molecular weight excluding hydrogens is 370 g/mol. The van der Waals surface area contributed by atoms with E-state index in [9.17, 15) is 4.79 Å². The van der Waals surface area contributed by atoms with Gasteiger partial charge in [0.1, 0.15) is 0 Å². The number of fused-ring (bicyclic) bond motifs is 1. The molecule has 162 valence electrons. The van der Waals surface area contributed by atoms with Crippen LogP contribution in [0.25, 0.3) is 5.69 Å². The number of hydrogen-bond donors (Lipinski definition) is 1. The fourth-order valence-electron chi connectivity index (χ4n) is 5.46. The molecule has 0 radical (unpaired) electrons. The second kappa shape index (κ2) is 9.38. The van der Waals surface area contributed by atoms with Crippen molar-refractivity contribution in [2.75, 3.05) is 13.1 Å². The maximum Gasteiger partial charge on any atom is 0.251 e. The van der Waals surface area contributed by atoms with E-state index in [-0.39, 0.29) is 5.91 Å². The molecule has 4 heteroatoms. The van der Waals surface area contributed by atoms with Crippen LogP contribution in [-0.2, 0) is 12.8 Å². The first-order valence-corrected chi connectivity index (χ1v) is 11.9. The molecular formula is C26H37N3O. The Morgan fingerprint density at radius 3 is 2.47 bits per heavy atom. The van der Waals surface area contributed by atoms with Crippen molar-refractivity contribution >= 4 is 5.91 Å². The second-order valence-corrected chi connectivity index (χ2v) is 9.32. The number of aromatic nitrogens is 1. The van der Waals surface area contributed by atoms with E-state index < -0.39 is 0 Å². The SMILES string of the molecule is Cc1cc2c(n1-c1ccc(C(=O)NCCCN3C(C)CCCC3C)cc1)CCCC2. The molecule has 0 spiro atoms. The second-order valence-electron chi connectivity index (χ2n) is 9.32. The number of nitrogens with zero attached hydrogens (tertiary/aromatic N) is 2. The summed E-state index contributed by atoms with van der Waals surface area (Å²) >= 11 is 0. The van der Waals surface area contributed by atoms with Crippen LogP contribution < -0.4 is 5.32 Å². The van der Waals surface area contributed by atoms with Gasteiger partial charge in [0.05, 0.1) is 0 Å². The van der Waals surface area contributed by atoms with Gasteiger partial charge in [-0.25, -0.2) is 0 Å². The zero-order chi connectivity index (χ0) is 21.1. The summed E-state index contributed by atoms with van der Waals surface area (Å²) in [5.74, 6) is 0.0348. The Bertz CT molecular complexity index is 857. The molecule has 1 amide bonds. The molecule has 30 heavy (non-hydrogen) atoms. The zero-order valence-electron chi connectivity index (χ0n) is 18.9. The van der Waals surface area contributed by atoms with Crippen LogP contribution in [0.3, 0.4) is 0 Å². The van der Waals surface area contributed by atoms with Crippen molar-refractivity contribution in [2.45, 2.75) is 84.2 Å². The largest absolute Gasteiger partial charge is 0.352 e. The van der Waals surface area contributed by atoms with Crippen LogP contribution in [0.1, 0.15) is 79.7 Å². The highest BCUT2D eigenvalue weighted by molar-refractivity contribution is 5.94. The number of piperidine rings is 1. The molecule has 1 saturated heterocycles. The van der Waals surface area contributed by atoms with Crippen LogP contribution in [0, 0.1) is 6.92 Å². The predicted octanol–water partition coefficient (Wildman–Crippen LogP) is 5.05. The number of carbonyl (C=O) groups excluding carboxylic acids is 1. The van der Waals surface area contributed by atoms with Crippen LogP contribution in [0.15, 0.2) is 30.3 Å². The minimum atomic E-state index is 0.0348. The highest BCUT2D eigenvalue weighted by Crippen LogP contribution is 2.28. The minimum absolute atomic E-state index is 0.0348. The molecule has 0 saturated carbocycles. The number of benzene rings is 1. The fourth-order valence-corrected chi connectivity index (χ4v) is 5.46. The quantitative estimate of drug-likeness (QED) is 0.681. The van der Waals surface area contributed by atoms with Gasteiger partial charge in [-0.2, -0.15) is 0 Å². The van der Waals surface area contributed by atoms with E-state index in [0.717, 1.165) is 31.5 Å². The maximum atomic E-state index is 12.6. The summed E-state index contributed by atoms with van der Waals surface area (Å²) in [5.41, 5.74) is 6.16. The Morgan fingerprint density at radius 2 is 1.73 bits per heavy atom. The minimum Gasteiger partial charge on any atom is -0.352 e. The number of likely N-dealkylation sites (tertiary alicyclic amines) is 1. The predicted molar refractivity (Wildman–Crippen MR) is 124 cm³/mol. The third-order valence-corrected chi connectivity index (χ3v) is 7.13. The third kappa shape index (κ3) is 4.49. The number of carbonyl (C=O) groups is 1. The lowest BCUT2D eigenvalue weighted by Crippen LogP contribution is -2.44. The van der Waals surface area contributed by atoms with E-state index in [2.05, 4.69) is 53.8 Å². The van der Waals surface area contributed by atoms with E-state index in [1.807, 2.05) is 12.1 Å².